The van der Waals surface area contributed by atoms with Crippen molar-refractivity contribution in [1.82, 2.24) is 0 Å². The Labute approximate surface area is 584 Å². The highest BCUT2D eigenvalue weighted by Gasteiger charge is 2.30. The summed E-state index contributed by atoms with van der Waals surface area (Å²) in [6, 6.07) is 0. The maximum absolute atomic E-state index is 13.1. The van der Waals surface area contributed by atoms with Crippen LogP contribution in [0.2, 0.25) is 0 Å². The van der Waals surface area contributed by atoms with Crippen LogP contribution in [0.1, 0.15) is 349 Å². The van der Waals surface area contributed by atoms with Gasteiger partial charge in [0.2, 0.25) is 0 Å². The number of carbonyl (C=O) groups excluding carboxylic acids is 4. The van der Waals surface area contributed by atoms with E-state index in [0.717, 1.165) is 161 Å². The molecule has 3 N–H and O–H groups in total. The number of rotatable bonds is 73. The maximum atomic E-state index is 13.1. The second-order valence-electron chi connectivity index (χ2n) is 25.9. The number of unbranched alkanes of at least 4 members (excludes halogenated alkanes) is 37. The molecule has 0 spiro atoms. The fraction of sp³-hybridized carbons (Fsp3) is 0.818. The van der Waals surface area contributed by atoms with Crippen LogP contribution in [-0.2, 0) is 65.4 Å². The number of aliphatic hydroxyl groups excluding tert-OH is 1. The van der Waals surface area contributed by atoms with Gasteiger partial charge in [0.25, 0.3) is 0 Å². The number of hydrogen-bond acceptors (Lipinski definition) is 15. The van der Waals surface area contributed by atoms with Gasteiger partial charge in [0.15, 0.2) is 12.2 Å². The van der Waals surface area contributed by atoms with E-state index in [-0.39, 0.29) is 25.7 Å². The topological polar surface area (TPSA) is 237 Å². The zero-order valence-electron chi connectivity index (χ0n) is 61.1. The molecule has 0 aliphatic carbocycles. The predicted octanol–water partition coefficient (Wildman–Crippen LogP) is 21.9. The van der Waals surface area contributed by atoms with Crippen LogP contribution in [0.15, 0.2) is 60.8 Å². The standard InChI is InChI=1S/C77H140O17P2/c1-5-9-13-17-21-25-29-32-34-35-37-40-43-46-50-54-58-62-75(80)87-67-72(93-76(81)63-59-55-51-47-41-28-24-20-16-12-8-4)69-91-95(83,84)89-65-71(78)66-90-96(85,86)92-70-73(94-77(82)64-60-56-52-48-44-38-31-27-23-19-15-11-7-3)68-88-74(79)61-57-53-49-45-42-39-36-33-30-26-22-18-14-10-6-2/h9,13,15,19,21,25,27,31-32,34,71-73,78H,5-8,10-12,14,16-18,20,22-24,26,28-30,33,35-70H2,1-4H3,(H,83,84)(H,85,86)/b13-9-,19-15-,25-21-,31-27-,34-32-. The minimum absolute atomic E-state index is 0.0843. The number of phosphoric acid groups is 2. The van der Waals surface area contributed by atoms with E-state index in [9.17, 15) is 43.2 Å². The van der Waals surface area contributed by atoms with Crippen molar-refractivity contribution < 1.29 is 80.2 Å². The van der Waals surface area contributed by atoms with Gasteiger partial charge in [-0.3, -0.25) is 37.3 Å². The number of allylic oxidation sites excluding steroid dienone is 10. The van der Waals surface area contributed by atoms with Crippen molar-refractivity contribution in [3.8, 4) is 0 Å². The van der Waals surface area contributed by atoms with Gasteiger partial charge in [-0.2, -0.15) is 0 Å². The lowest BCUT2D eigenvalue weighted by Gasteiger charge is -2.21. The van der Waals surface area contributed by atoms with Gasteiger partial charge < -0.3 is 33.8 Å². The van der Waals surface area contributed by atoms with Crippen molar-refractivity contribution in [2.24, 2.45) is 0 Å². The molecule has 0 amide bonds. The highest BCUT2D eigenvalue weighted by atomic mass is 31.2. The zero-order valence-corrected chi connectivity index (χ0v) is 62.8. The maximum Gasteiger partial charge on any atom is 0.472 e. The van der Waals surface area contributed by atoms with Crippen LogP contribution in [-0.4, -0.2) is 96.7 Å². The van der Waals surface area contributed by atoms with Crippen LogP contribution < -0.4 is 0 Å². The quantitative estimate of drug-likeness (QED) is 0.0169. The average molecular weight is 1400 g/mol. The Kier molecular flexibility index (Phi) is 67.8. The van der Waals surface area contributed by atoms with E-state index in [1.54, 1.807) is 0 Å². The number of esters is 4. The molecule has 0 fully saturated rings. The summed E-state index contributed by atoms with van der Waals surface area (Å²) in [5.74, 6) is -2.17. The van der Waals surface area contributed by atoms with Crippen LogP contribution in [0.25, 0.3) is 0 Å². The van der Waals surface area contributed by atoms with Gasteiger partial charge in [-0.1, -0.05) is 300 Å². The Balaban J connectivity index is 5.28. The molecular formula is C77H140O17P2. The van der Waals surface area contributed by atoms with Crippen LogP contribution in [0.5, 0.6) is 0 Å². The van der Waals surface area contributed by atoms with Crippen molar-refractivity contribution in [1.29, 1.82) is 0 Å². The summed E-state index contributed by atoms with van der Waals surface area (Å²) in [6.45, 7) is 4.72. The Morgan fingerprint density at radius 1 is 0.302 bits per heavy atom. The number of carbonyl (C=O) groups is 4. The summed E-state index contributed by atoms with van der Waals surface area (Å²) in [7, 11) is -9.93. The van der Waals surface area contributed by atoms with Crippen molar-refractivity contribution in [3.05, 3.63) is 60.8 Å². The third kappa shape index (κ3) is 69.2. The number of hydrogen-bond donors (Lipinski definition) is 3. The molecule has 0 aliphatic heterocycles. The predicted molar refractivity (Wildman–Crippen MR) is 390 cm³/mol. The van der Waals surface area contributed by atoms with Crippen LogP contribution >= 0.6 is 15.6 Å². The van der Waals surface area contributed by atoms with Gasteiger partial charge in [0.1, 0.15) is 19.3 Å². The van der Waals surface area contributed by atoms with Gasteiger partial charge in [-0.25, -0.2) is 9.13 Å². The van der Waals surface area contributed by atoms with Crippen molar-refractivity contribution in [2.45, 2.75) is 367 Å². The van der Waals surface area contributed by atoms with E-state index in [4.69, 9.17) is 37.0 Å². The van der Waals surface area contributed by atoms with Gasteiger partial charge in [0.05, 0.1) is 26.4 Å². The van der Waals surface area contributed by atoms with E-state index < -0.39 is 97.5 Å². The number of aliphatic hydroxyl groups is 1. The van der Waals surface area contributed by atoms with E-state index in [1.165, 1.54) is 109 Å². The molecule has 0 rings (SSSR count). The summed E-state index contributed by atoms with van der Waals surface area (Å²) in [6.07, 6.45) is 67.8. The van der Waals surface area contributed by atoms with Crippen molar-refractivity contribution >= 4 is 39.5 Å². The molecule has 0 aromatic carbocycles. The molecule has 0 aromatic heterocycles. The second kappa shape index (κ2) is 70.2. The molecule has 17 nitrogen and oxygen atoms in total. The van der Waals surface area contributed by atoms with E-state index in [0.29, 0.717) is 25.7 Å². The molecule has 19 heteroatoms. The first-order chi connectivity index (χ1) is 46.7. The smallest absolute Gasteiger partial charge is 0.462 e. The Hall–Kier alpha value is -3.24. The normalized spacial score (nSPS) is 14.3. The highest BCUT2D eigenvalue weighted by Crippen LogP contribution is 2.45. The van der Waals surface area contributed by atoms with Crippen molar-refractivity contribution in [3.63, 3.8) is 0 Å². The molecule has 0 heterocycles. The second-order valence-corrected chi connectivity index (χ2v) is 28.8. The average Bonchev–Trinajstić information content (AvgIpc) is 1.13. The molecule has 96 heavy (non-hydrogen) atoms. The molecule has 5 atom stereocenters. The fourth-order valence-corrected chi connectivity index (χ4v) is 12.2. The lowest BCUT2D eigenvalue weighted by atomic mass is 10.0. The Morgan fingerprint density at radius 2 is 0.562 bits per heavy atom. The molecular weight excluding hydrogens is 1260 g/mol. The summed E-state index contributed by atoms with van der Waals surface area (Å²) >= 11 is 0. The van der Waals surface area contributed by atoms with Gasteiger partial charge >= 0.3 is 39.5 Å². The van der Waals surface area contributed by atoms with E-state index in [2.05, 4.69) is 88.5 Å². The lowest BCUT2D eigenvalue weighted by molar-refractivity contribution is -0.161. The molecule has 560 valence electrons. The minimum atomic E-state index is -4.97. The number of ether oxygens (including phenoxy) is 4. The Bertz CT molecular complexity index is 2060. The third-order valence-corrected chi connectivity index (χ3v) is 18.4. The van der Waals surface area contributed by atoms with Crippen LogP contribution in [0.4, 0.5) is 0 Å². The number of phosphoric ester groups is 2. The molecule has 5 unspecified atom stereocenters. The summed E-state index contributed by atoms with van der Waals surface area (Å²) in [5.41, 5.74) is 0. The van der Waals surface area contributed by atoms with Crippen LogP contribution in [0.3, 0.4) is 0 Å². The van der Waals surface area contributed by atoms with E-state index >= 15 is 0 Å². The molecule has 0 saturated heterocycles. The lowest BCUT2D eigenvalue weighted by Crippen LogP contribution is -2.30. The largest absolute Gasteiger partial charge is 0.472 e. The minimum Gasteiger partial charge on any atom is -0.462 e. The molecule has 0 aromatic rings. The summed E-state index contributed by atoms with van der Waals surface area (Å²) in [5, 5.41) is 10.6. The summed E-state index contributed by atoms with van der Waals surface area (Å²) in [4.78, 5) is 72.8. The molecule has 0 radical (unpaired) electrons. The first-order valence-electron chi connectivity index (χ1n) is 38.5. The zero-order chi connectivity index (χ0) is 70.4. The fourth-order valence-electron chi connectivity index (χ4n) is 10.6. The summed E-state index contributed by atoms with van der Waals surface area (Å²) < 4.78 is 68.4. The molecule has 0 saturated carbocycles. The SMILES string of the molecule is CC/C=C\C/C=C\C/C=C\CCCCCCCCCC(=O)OCC(COP(=O)(O)OCC(O)COP(=O)(O)OCC(COC(=O)CCCCCCCCCCCCCCCCC)OC(=O)CCCCCCC/C=C\C/C=C\CCC)OC(=O)CCCCCCCCCCCCC. The monoisotopic (exact) mass is 1400 g/mol. The van der Waals surface area contributed by atoms with Gasteiger partial charge in [-0.15, -0.1) is 0 Å². The highest BCUT2D eigenvalue weighted by molar-refractivity contribution is 7.47. The first kappa shape index (κ1) is 92.8. The van der Waals surface area contributed by atoms with Crippen LogP contribution in [0, 0.1) is 0 Å². The first-order valence-corrected chi connectivity index (χ1v) is 41.5. The van der Waals surface area contributed by atoms with Crippen molar-refractivity contribution in [2.75, 3.05) is 39.6 Å². The third-order valence-electron chi connectivity index (χ3n) is 16.5. The van der Waals surface area contributed by atoms with E-state index in [1.807, 2.05) is 0 Å². The van der Waals surface area contributed by atoms with Gasteiger partial charge in [0, 0.05) is 25.7 Å². The van der Waals surface area contributed by atoms with Gasteiger partial charge in [-0.05, 0) is 83.5 Å². The molecule has 0 bridgehead atoms. The molecule has 0 aliphatic rings. The Morgan fingerprint density at radius 3 is 0.875 bits per heavy atom.